The van der Waals surface area contributed by atoms with E-state index in [4.69, 9.17) is 10.5 Å². The van der Waals surface area contributed by atoms with Crippen LogP contribution in [0.5, 0.6) is 0 Å². The van der Waals surface area contributed by atoms with E-state index in [-0.39, 0.29) is 13.0 Å². The minimum Gasteiger partial charge on any atom is -0.362 e. The maximum Gasteiger partial charge on any atom is 0.416 e. The molecule has 0 aliphatic rings. The summed E-state index contributed by atoms with van der Waals surface area (Å²) in [5.74, 6) is 0. The summed E-state index contributed by atoms with van der Waals surface area (Å²) in [7, 11) is 0. The summed E-state index contributed by atoms with van der Waals surface area (Å²) in [4.78, 5) is 0. The van der Waals surface area contributed by atoms with Crippen molar-refractivity contribution in [3.8, 4) is 0 Å². The van der Waals surface area contributed by atoms with Crippen molar-refractivity contribution in [2.75, 3.05) is 0 Å². The molecule has 0 saturated heterocycles. The van der Waals surface area contributed by atoms with E-state index >= 15 is 0 Å². The van der Waals surface area contributed by atoms with Crippen molar-refractivity contribution >= 4 is 0 Å². The average Bonchev–Trinajstić information content (AvgIpc) is 2.28. The Hall–Kier alpha value is -1.07. The quantitative estimate of drug-likeness (QED) is 0.868. The van der Waals surface area contributed by atoms with Gasteiger partial charge in [-0.25, -0.2) is 0 Å². The first-order valence-electron chi connectivity index (χ1n) is 5.43. The molecule has 2 unspecified atom stereocenters. The van der Waals surface area contributed by atoms with E-state index in [0.29, 0.717) is 5.56 Å². The molecule has 2 atom stereocenters. The van der Waals surface area contributed by atoms with Crippen LogP contribution >= 0.6 is 0 Å². The molecule has 1 rings (SSSR count). The molecule has 0 aliphatic heterocycles. The summed E-state index contributed by atoms with van der Waals surface area (Å²) in [5, 5.41) is 0. The van der Waals surface area contributed by atoms with Gasteiger partial charge in [0.05, 0.1) is 6.61 Å². The van der Waals surface area contributed by atoms with Crippen molar-refractivity contribution in [2.24, 2.45) is 5.73 Å². The van der Waals surface area contributed by atoms with Crippen LogP contribution in [0.4, 0.5) is 13.2 Å². The van der Waals surface area contributed by atoms with Gasteiger partial charge in [0.1, 0.15) is 0 Å². The predicted octanol–water partition coefficient (Wildman–Crippen LogP) is 2.87. The van der Waals surface area contributed by atoms with Gasteiger partial charge in [-0.05, 0) is 12.0 Å². The number of halogens is 3. The summed E-state index contributed by atoms with van der Waals surface area (Å²) in [5.41, 5.74) is 6.12. The molecule has 0 bridgehead atoms. The van der Waals surface area contributed by atoms with Crippen LogP contribution in [-0.4, -0.2) is 18.3 Å². The van der Waals surface area contributed by atoms with Crippen LogP contribution in [0.2, 0.25) is 0 Å². The fourth-order valence-electron chi connectivity index (χ4n) is 1.44. The Labute approximate surface area is 98.6 Å². The molecule has 0 spiro atoms. The molecule has 17 heavy (non-hydrogen) atoms. The molecule has 0 fully saturated rings. The third-order valence-electron chi connectivity index (χ3n) is 2.46. The van der Waals surface area contributed by atoms with Gasteiger partial charge in [0.2, 0.25) is 0 Å². The van der Waals surface area contributed by atoms with Crippen molar-refractivity contribution in [3.05, 3.63) is 35.9 Å². The molecule has 0 aromatic heterocycles. The lowest BCUT2D eigenvalue weighted by Crippen LogP contribution is -2.46. The molecule has 0 amide bonds. The van der Waals surface area contributed by atoms with Crippen molar-refractivity contribution in [1.82, 2.24) is 0 Å². The Morgan fingerprint density at radius 3 is 2.29 bits per heavy atom. The first-order valence-corrected chi connectivity index (χ1v) is 5.43. The summed E-state index contributed by atoms with van der Waals surface area (Å²) in [6.45, 7) is 1.52. The number of alkyl halides is 3. The number of rotatable bonds is 5. The summed E-state index contributed by atoms with van der Waals surface area (Å²) in [6, 6.07) is 7.69. The molecule has 2 N–H and O–H groups in total. The lowest BCUT2D eigenvalue weighted by atomic mass is 10.1. The number of benzene rings is 1. The highest BCUT2D eigenvalue weighted by Crippen LogP contribution is 2.26. The minimum absolute atomic E-state index is 0.0846. The summed E-state index contributed by atoms with van der Waals surface area (Å²) < 4.78 is 42.9. The summed E-state index contributed by atoms with van der Waals surface area (Å²) in [6.07, 6.45) is -6.11. The van der Waals surface area contributed by atoms with Crippen molar-refractivity contribution in [1.29, 1.82) is 0 Å². The van der Waals surface area contributed by atoms with E-state index in [2.05, 4.69) is 0 Å². The standard InChI is InChI=1S/C12H16F3NO/c1-2-10(16)11(12(13,14)15)17-8-9-6-4-3-5-7-9/h3-7,10-11H,2,8,16H2,1H3. The van der Waals surface area contributed by atoms with Gasteiger partial charge in [0, 0.05) is 6.04 Å². The van der Waals surface area contributed by atoms with E-state index in [1.165, 1.54) is 0 Å². The number of ether oxygens (including phenoxy) is 1. The van der Waals surface area contributed by atoms with Crippen LogP contribution in [-0.2, 0) is 11.3 Å². The molecule has 0 aliphatic carbocycles. The maximum absolute atomic E-state index is 12.7. The van der Waals surface area contributed by atoms with Gasteiger partial charge in [-0.15, -0.1) is 0 Å². The van der Waals surface area contributed by atoms with Gasteiger partial charge in [-0.2, -0.15) is 13.2 Å². The topological polar surface area (TPSA) is 35.2 Å². The largest absolute Gasteiger partial charge is 0.416 e. The van der Waals surface area contributed by atoms with E-state index in [9.17, 15) is 13.2 Å². The lowest BCUT2D eigenvalue weighted by Gasteiger charge is -2.25. The zero-order chi connectivity index (χ0) is 12.9. The second-order valence-corrected chi connectivity index (χ2v) is 3.83. The van der Waals surface area contributed by atoms with Crippen LogP contribution in [0.1, 0.15) is 18.9 Å². The first kappa shape index (κ1) is 14.0. The third-order valence-corrected chi connectivity index (χ3v) is 2.46. The van der Waals surface area contributed by atoms with Crippen LogP contribution in [0.3, 0.4) is 0 Å². The zero-order valence-corrected chi connectivity index (χ0v) is 9.58. The third kappa shape index (κ3) is 4.36. The van der Waals surface area contributed by atoms with Crippen LogP contribution in [0.25, 0.3) is 0 Å². The molecule has 2 nitrogen and oxygen atoms in total. The highest BCUT2D eigenvalue weighted by Gasteiger charge is 2.43. The number of hydrogen-bond donors (Lipinski definition) is 1. The van der Waals surface area contributed by atoms with Gasteiger partial charge in [0.15, 0.2) is 6.10 Å². The molecular formula is C12H16F3NO. The Balaban J connectivity index is 2.62. The van der Waals surface area contributed by atoms with Gasteiger partial charge in [0.25, 0.3) is 0 Å². The van der Waals surface area contributed by atoms with Crippen LogP contribution in [0, 0.1) is 0 Å². The van der Waals surface area contributed by atoms with Crippen LogP contribution in [0.15, 0.2) is 30.3 Å². The van der Waals surface area contributed by atoms with E-state index < -0.39 is 18.3 Å². The second-order valence-electron chi connectivity index (χ2n) is 3.83. The average molecular weight is 247 g/mol. The Morgan fingerprint density at radius 2 is 1.82 bits per heavy atom. The fourth-order valence-corrected chi connectivity index (χ4v) is 1.44. The van der Waals surface area contributed by atoms with Crippen molar-refractivity contribution in [2.45, 2.75) is 38.3 Å². The minimum atomic E-state index is -4.43. The molecule has 96 valence electrons. The smallest absolute Gasteiger partial charge is 0.362 e. The molecule has 1 aromatic rings. The summed E-state index contributed by atoms with van der Waals surface area (Å²) >= 11 is 0. The van der Waals surface area contributed by atoms with Crippen molar-refractivity contribution in [3.63, 3.8) is 0 Å². The van der Waals surface area contributed by atoms with E-state index in [1.807, 2.05) is 0 Å². The second kappa shape index (κ2) is 6.02. The molecule has 0 heterocycles. The van der Waals surface area contributed by atoms with Crippen molar-refractivity contribution < 1.29 is 17.9 Å². The molecule has 0 saturated carbocycles. The molecule has 5 heteroatoms. The molecular weight excluding hydrogens is 231 g/mol. The van der Waals surface area contributed by atoms with Gasteiger partial charge < -0.3 is 10.5 Å². The van der Waals surface area contributed by atoms with Crippen LogP contribution < -0.4 is 5.73 Å². The van der Waals surface area contributed by atoms with E-state index in [0.717, 1.165) is 0 Å². The lowest BCUT2D eigenvalue weighted by molar-refractivity contribution is -0.229. The fraction of sp³-hybridized carbons (Fsp3) is 0.500. The number of nitrogens with two attached hydrogens (primary N) is 1. The number of hydrogen-bond acceptors (Lipinski definition) is 2. The maximum atomic E-state index is 12.7. The SMILES string of the molecule is CCC(N)C(OCc1ccccc1)C(F)(F)F. The zero-order valence-electron chi connectivity index (χ0n) is 9.58. The normalized spacial score (nSPS) is 15.6. The molecule has 1 aromatic carbocycles. The predicted molar refractivity (Wildman–Crippen MR) is 59.3 cm³/mol. The Bertz CT molecular complexity index is 326. The Kier molecular flexibility index (Phi) is 4.96. The monoisotopic (exact) mass is 247 g/mol. The van der Waals surface area contributed by atoms with E-state index in [1.54, 1.807) is 37.3 Å². The van der Waals surface area contributed by atoms with Gasteiger partial charge >= 0.3 is 6.18 Å². The van der Waals surface area contributed by atoms with Gasteiger partial charge in [-0.1, -0.05) is 37.3 Å². The first-order chi connectivity index (χ1) is 7.95. The highest BCUT2D eigenvalue weighted by molar-refractivity contribution is 5.13. The van der Waals surface area contributed by atoms with Gasteiger partial charge in [-0.3, -0.25) is 0 Å². The molecule has 0 radical (unpaired) electrons. The Morgan fingerprint density at radius 1 is 1.24 bits per heavy atom. The highest BCUT2D eigenvalue weighted by atomic mass is 19.4.